The van der Waals surface area contributed by atoms with Crippen molar-refractivity contribution in [1.29, 1.82) is 0 Å². The molecule has 2 nitrogen and oxygen atoms in total. The van der Waals surface area contributed by atoms with Crippen molar-refractivity contribution in [1.82, 2.24) is 5.32 Å². The van der Waals surface area contributed by atoms with E-state index in [-0.39, 0.29) is 0 Å². The lowest BCUT2D eigenvalue weighted by molar-refractivity contribution is 0.224. The smallest absolute Gasteiger partial charge is 0.0436 e. The van der Waals surface area contributed by atoms with Crippen LogP contribution in [0.15, 0.2) is 24.3 Å². The second-order valence-electron chi connectivity index (χ2n) is 6.63. The third kappa shape index (κ3) is 3.01. The van der Waals surface area contributed by atoms with E-state index in [4.69, 9.17) is 5.11 Å². The van der Waals surface area contributed by atoms with Crippen LogP contribution in [0, 0.1) is 12.3 Å². The second-order valence-corrected chi connectivity index (χ2v) is 6.63. The van der Waals surface area contributed by atoms with E-state index in [0.717, 1.165) is 18.9 Å². The van der Waals surface area contributed by atoms with Crippen molar-refractivity contribution in [3.05, 3.63) is 35.4 Å². The van der Waals surface area contributed by atoms with Gasteiger partial charge in [0, 0.05) is 19.2 Å². The van der Waals surface area contributed by atoms with E-state index in [1.54, 1.807) is 0 Å². The Morgan fingerprint density at radius 3 is 2.47 bits per heavy atom. The lowest BCUT2D eigenvalue weighted by Gasteiger charge is -2.37. The largest absolute Gasteiger partial charge is 0.396 e. The molecule has 0 spiro atoms. The van der Waals surface area contributed by atoms with Gasteiger partial charge in [0.25, 0.3) is 0 Å². The molecule has 1 aromatic carbocycles. The van der Waals surface area contributed by atoms with E-state index >= 15 is 0 Å². The normalized spacial score (nSPS) is 27.9. The Labute approximate surface area is 116 Å². The van der Waals surface area contributed by atoms with Crippen LogP contribution in [0.2, 0.25) is 0 Å². The van der Waals surface area contributed by atoms with Gasteiger partial charge in [-0.05, 0) is 55.9 Å². The van der Waals surface area contributed by atoms with Gasteiger partial charge in [0.2, 0.25) is 0 Å². The molecule has 3 rings (SSSR count). The molecule has 0 radical (unpaired) electrons. The molecule has 104 valence electrons. The van der Waals surface area contributed by atoms with Crippen molar-refractivity contribution in [3.8, 4) is 0 Å². The molecule has 2 aliphatic rings. The van der Waals surface area contributed by atoms with Crippen LogP contribution in [0.25, 0.3) is 0 Å². The summed E-state index contributed by atoms with van der Waals surface area (Å²) in [4.78, 5) is 0. The molecule has 0 unspecified atom stereocenters. The number of hydrogen-bond acceptors (Lipinski definition) is 2. The third-order valence-electron chi connectivity index (χ3n) is 5.05. The van der Waals surface area contributed by atoms with Gasteiger partial charge in [-0.2, -0.15) is 0 Å². The third-order valence-corrected chi connectivity index (χ3v) is 5.05. The zero-order chi connectivity index (χ0) is 13.3. The summed E-state index contributed by atoms with van der Waals surface area (Å²) in [7, 11) is 0. The van der Waals surface area contributed by atoms with E-state index in [1.807, 2.05) is 0 Å². The minimum Gasteiger partial charge on any atom is -0.396 e. The molecule has 0 atom stereocenters. The highest BCUT2D eigenvalue weighted by molar-refractivity contribution is 5.26. The standard InChI is InChI=1S/C17H25NO/c1-13-2-4-14(5-3-13)15-10-16(11-15)18-12-17(6-7-17)8-9-19/h2-5,15-16,18-19H,6-12H2,1H3. The maximum absolute atomic E-state index is 9.06. The predicted molar refractivity (Wildman–Crippen MR) is 78.3 cm³/mol. The quantitative estimate of drug-likeness (QED) is 0.823. The summed E-state index contributed by atoms with van der Waals surface area (Å²) in [6, 6.07) is 9.70. The van der Waals surface area contributed by atoms with Gasteiger partial charge < -0.3 is 10.4 Å². The fourth-order valence-electron chi connectivity index (χ4n) is 3.19. The van der Waals surface area contributed by atoms with Crippen molar-refractivity contribution in [3.63, 3.8) is 0 Å². The van der Waals surface area contributed by atoms with Crippen molar-refractivity contribution in [2.75, 3.05) is 13.2 Å². The number of nitrogens with one attached hydrogen (secondary N) is 1. The Kier molecular flexibility index (Phi) is 3.64. The van der Waals surface area contributed by atoms with Gasteiger partial charge in [-0.3, -0.25) is 0 Å². The Balaban J connectivity index is 1.42. The van der Waals surface area contributed by atoms with Gasteiger partial charge in [-0.1, -0.05) is 29.8 Å². The summed E-state index contributed by atoms with van der Waals surface area (Å²) >= 11 is 0. The molecular formula is C17H25NO. The molecule has 1 aromatic rings. The number of rotatable bonds is 6. The number of aliphatic hydroxyl groups is 1. The number of aliphatic hydroxyl groups excluding tert-OH is 1. The Hall–Kier alpha value is -0.860. The zero-order valence-electron chi connectivity index (χ0n) is 11.9. The van der Waals surface area contributed by atoms with Crippen molar-refractivity contribution < 1.29 is 5.11 Å². The average Bonchev–Trinajstić information content (AvgIpc) is 3.10. The first-order chi connectivity index (χ1) is 9.21. The summed E-state index contributed by atoms with van der Waals surface area (Å²) in [5, 5.41) is 12.8. The first-order valence-corrected chi connectivity index (χ1v) is 7.62. The summed E-state index contributed by atoms with van der Waals surface area (Å²) in [5.74, 6) is 0.756. The van der Waals surface area contributed by atoms with E-state index < -0.39 is 0 Å². The number of hydrogen-bond donors (Lipinski definition) is 2. The lowest BCUT2D eigenvalue weighted by atomic mass is 9.75. The second kappa shape index (κ2) is 5.26. The molecule has 19 heavy (non-hydrogen) atoms. The van der Waals surface area contributed by atoms with Crippen LogP contribution < -0.4 is 5.32 Å². The topological polar surface area (TPSA) is 32.3 Å². The van der Waals surface area contributed by atoms with Crippen molar-refractivity contribution >= 4 is 0 Å². The highest BCUT2D eigenvalue weighted by Gasteiger charge is 2.42. The summed E-state index contributed by atoms with van der Waals surface area (Å²) in [6.07, 6.45) is 6.13. The van der Waals surface area contributed by atoms with Crippen LogP contribution in [0.1, 0.15) is 49.1 Å². The van der Waals surface area contributed by atoms with Crippen molar-refractivity contribution in [2.45, 2.75) is 51.0 Å². The highest BCUT2D eigenvalue weighted by atomic mass is 16.3. The van der Waals surface area contributed by atoms with Gasteiger partial charge in [0.15, 0.2) is 0 Å². The van der Waals surface area contributed by atoms with Crippen LogP contribution in [0.3, 0.4) is 0 Å². The molecule has 2 fully saturated rings. The monoisotopic (exact) mass is 259 g/mol. The predicted octanol–water partition coefficient (Wildman–Crippen LogP) is 2.99. The van der Waals surface area contributed by atoms with Gasteiger partial charge in [-0.25, -0.2) is 0 Å². The lowest BCUT2D eigenvalue weighted by Crippen LogP contribution is -2.42. The first-order valence-electron chi connectivity index (χ1n) is 7.62. The molecule has 2 aliphatic carbocycles. The Morgan fingerprint density at radius 1 is 1.21 bits per heavy atom. The van der Waals surface area contributed by atoms with E-state index in [2.05, 4.69) is 36.5 Å². The van der Waals surface area contributed by atoms with Crippen LogP contribution in [-0.4, -0.2) is 24.3 Å². The van der Waals surface area contributed by atoms with Crippen LogP contribution in [-0.2, 0) is 0 Å². The van der Waals surface area contributed by atoms with Gasteiger partial charge in [-0.15, -0.1) is 0 Å². The molecule has 0 aromatic heterocycles. The molecule has 0 heterocycles. The fraction of sp³-hybridized carbons (Fsp3) is 0.647. The van der Waals surface area contributed by atoms with E-state index in [1.165, 1.54) is 36.8 Å². The van der Waals surface area contributed by atoms with E-state index in [0.29, 0.717) is 18.1 Å². The molecule has 2 saturated carbocycles. The molecule has 0 saturated heterocycles. The minimum absolute atomic E-state index is 0.346. The van der Waals surface area contributed by atoms with Gasteiger partial charge in [0.1, 0.15) is 0 Å². The fourth-order valence-corrected chi connectivity index (χ4v) is 3.19. The Bertz CT molecular complexity index is 415. The van der Waals surface area contributed by atoms with Crippen LogP contribution in [0.5, 0.6) is 0 Å². The summed E-state index contributed by atoms with van der Waals surface area (Å²) in [5.41, 5.74) is 3.29. The summed E-state index contributed by atoms with van der Waals surface area (Å²) in [6.45, 7) is 3.60. The van der Waals surface area contributed by atoms with Crippen molar-refractivity contribution in [2.24, 2.45) is 5.41 Å². The van der Waals surface area contributed by atoms with Crippen LogP contribution >= 0.6 is 0 Å². The number of benzene rings is 1. The zero-order valence-corrected chi connectivity index (χ0v) is 11.9. The van der Waals surface area contributed by atoms with Crippen LogP contribution in [0.4, 0.5) is 0 Å². The van der Waals surface area contributed by atoms with Gasteiger partial charge in [0.05, 0.1) is 0 Å². The molecule has 2 N–H and O–H groups in total. The highest BCUT2D eigenvalue weighted by Crippen LogP contribution is 2.48. The molecule has 2 heteroatoms. The Morgan fingerprint density at radius 2 is 1.89 bits per heavy atom. The summed E-state index contributed by atoms with van der Waals surface area (Å²) < 4.78 is 0. The number of aryl methyl sites for hydroxylation is 1. The first kappa shape index (κ1) is 13.1. The SMILES string of the molecule is Cc1ccc(C2CC(NCC3(CCO)CC3)C2)cc1. The minimum atomic E-state index is 0.346. The molecule has 0 bridgehead atoms. The molecule has 0 amide bonds. The van der Waals surface area contributed by atoms with E-state index in [9.17, 15) is 0 Å². The maximum atomic E-state index is 9.06. The molecular weight excluding hydrogens is 234 g/mol. The molecule has 0 aliphatic heterocycles. The average molecular weight is 259 g/mol. The van der Waals surface area contributed by atoms with Gasteiger partial charge >= 0.3 is 0 Å². The maximum Gasteiger partial charge on any atom is 0.0436 e.